The fourth-order valence-corrected chi connectivity index (χ4v) is 2.62. The fourth-order valence-electron chi connectivity index (χ4n) is 2.62. The van der Waals surface area contributed by atoms with Gasteiger partial charge in [0.25, 0.3) is 0 Å². The van der Waals surface area contributed by atoms with E-state index in [1.165, 1.54) is 19.1 Å². The van der Waals surface area contributed by atoms with E-state index in [2.05, 4.69) is 5.32 Å². The molecule has 18 heavy (non-hydrogen) atoms. The van der Waals surface area contributed by atoms with E-state index in [0.29, 0.717) is 12.1 Å². The third-order valence-corrected chi connectivity index (χ3v) is 3.62. The lowest BCUT2D eigenvalue weighted by Gasteiger charge is -2.34. The minimum Gasteiger partial charge on any atom is -0.316 e. The van der Waals surface area contributed by atoms with Crippen molar-refractivity contribution >= 4 is 0 Å². The number of benzene rings is 1. The minimum atomic E-state index is -1.44. The Morgan fingerprint density at radius 2 is 1.94 bits per heavy atom. The fraction of sp³-hybridized carbons (Fsp3) is 0.571. The number of rotatable bonds is 3. The molecular weight excluding hydrogens is 239 g/mol. The lowest BCUT2D eigenvalue weighted by atomic mass is 9.81. The van der Waals surface area contributed by atoms with E-state index in [0.717, 1.165) is 25.5 Å². The third kappa shape index (κ3) is 3.25. The van der Waals surface area contributed by atoms with Gasteiger partial charge in [0.2, 0.25) is 0 Å². The van der Waals surface area contributed by atoms with E-state index in [1.54, 1.807) is 0 Å². The van der Waals surface area contributed by atoms with Gasteiger partial charge in [-0.05, 0) is 44.0 Å². The van der Waals surface area contributed by atoms with Gasteiger partial charge >= 0.3 is 0 Å². The predicted octanol–water partition coefficient (Wildman–Crippen LogP) is 3.24. The van der Waals surface area contributed by atoms with Crippen molar-refractivity contribution < 1.29 is 13.2 Å². The Morgan fingerprint density at radius 1 is 1.28 bits per heavy atom. The molecule has 1 aliphatic rings. The van der Waals surface area contributed by atoms with Gasteiger partial charge in [-0.1, -0.05) is 0 Å². The molecule has 0 bridgehead atoms. The Kier molecular flexibility index (Phi) is 3.95. The second-order valence-electron chi connectivity index (χ2n) is 5.28. The number of alkyl halides is 1. The van der Waals surface area contributed by atoms with Gasteiger partial charge in [0.15, 0.2) is 0 Å². The van der Waals surface area contributed by atoms with Crippen LogP contribution in [-0.2, 0) is 6.42 Å². The molecule has 0 amide bonds. The van der Waals surface area contributed by atoms with Crippen LogP contribution in [0.1, 0.15) is 25.3 Å². The third-order valence-electron chi connectivity index (χ3n) is 3.62. The van der Waals surface area contributed by atoms with Crippen molar-refractivity contribution in [3.63, 3.8) is 0 Å². The van der Waals surface area contributed by atoms with Crippen LogP contribution in [0.4, 0.5) is 13.2 Å². The van der Waals surface area contributed by atoms with Crippen LogP contribution in [0.15, 0.2) is 18.2 Å². The zero-order valence-electron chi connectivity index (χ0n) is 10.5. The summed E-state index contributed by atoms with van der Waals surface area (Å²) < 4.78 is 40.8. The molecule has 0 saturated carbocycles. The quantitative estimate of drug-likeness (QED) is 0.876. The Morgan fingerprint density at radius 3 is 2.50 bits per heavy atom. The lowest BCUT2D eigenvalue weighted by molar-refractivity contribution is 0.0832. The van der Waals surface area contributed by atoms with Crippen molar-refractivity contribution in [1.82, 2.24) is 5.32 Å². The molecule has 1 aromatic carbocycles. The van der Waals surface area contributed by atoms with E-state index in [9.17, 15) is 13.2 Å². The Hall–Kier alpha value is -1.03. The molecule has 100 valence electrons. The normalized spacial score (nSPS) is 23.7. The van der Waals surface area contributed by atoms with Crippen LogP contribution in [0, 0.1) is 17.6 Å². The molecule has 1 heterocycles. The summed E-state index contributed by atoms with van der Waals surface area (Å²) in [6, 6.07) is 3.22. The lowest BCUT2D eigenvalue weighted by Crippen LogP contribution is -2.42. The topological polar surface area (TPSA) is 12.0 Å². The maximum atomic E-state index is 14.6. The van der Waals surface area contributed by atoms with Gasteiger partial charge in [0, 0.05) is 24.9 Å². The highest BCUT2D eigenvalue weighted by molar-refractivity contribution is 5.20. The van der Waals surface area contributed by atoms with Gasteiger partial charge in [0.05, 0.1) is 0 Å². The van der Waals surface area contributed by atoms with Gasteiger partial charge in [-0.15, -0.1) is 0 Å². The first-order valence-electron chi connectivity index (χ1n) is 6.32. The van der Waals surface area contributed by atoms with Crippen LogP contribution in [-0.4, -0.2) is 18.8 Å². The van der Waals surface area contributed by atoms with Crippen molar-refractivity contribution in [3.05, 3.63) is 35.4 Å². The van der Waals surface area contributed by atoms with Crippen molar-refractivity contribution in [2.75, 3.05) is 13.1 Å². The highest BCUT2D eigenvalue weighted by Gasteiger charge is 2.35. The first-order chi connectivity index (χ1) is 8.47. The van der Waals surface area contributed by atoms with E-state index in [-0.39, 0.29) is 12.3 Å². The second-order valence-corrected chi connectivity index (χ2v) is 5.28. The van der Waals surface area contributed by atoms with Crippen LogP contribution < -0.4 is 5.32 Å². The molecule has 0 radical (unpaired) electrons. The summed E-state index contributed by atoms with van der Waals surface area (Å²) in [5, 5.41) is 3.16. The van der Waals surface area contributed by atoms with Gasteiger partial charge in [-0.3, -0.25) is 0 Å². The molecule has 0 aliphatic carbocycles. The van der Waals surface area contributed by atoms with Crippen LogP contribution in [0.2, 0.25) is 0 Å². The molecule has 0 spiro atoms. The molecule has 2 atom stereocenters. The van der Waals surface area contributed by atoms with Gasteiger partial charge < -0.3 is 5.32 Å². The minimum absolute atomic E-state index is 0.0496. The predicted molar refractivity (Wildman–Crippen MR) is 65.2 cm³/mol. The Labute approximate surface area is 105 Å². The van der Waals surface area contributed by atoms with Crippen LogP contribution in [0.5, 0.6) is 0 Å². The van der Waals surface area contributed by atoms with Crippen molar-refractivity contribution in [1.29, 1.82) is 0 Å². The van der Waals surface area contributed by atoms with Crippen LogP contribution in [0.25, 0.3) is 0 Å². The smallest absolute Gasteiger partial charge is 0.126 e. The zero-order chi connectivity index (χ0) is 13.2. The molecule has 1 nitrogen and oxygen atoms in total. The maximum absolute atomic E-state index is 14.6. The molecule has 2 unspecified atom stereocenters. The Balaban J connectivity index is 2.10. The summed E-state index contributed by atoms with van der Waals surface area (Å²) in [7, 11) is 0. The molecule has 0 aromatic heterocycles. The highest BCUT2D eigenvalue weighted by atomic mass is 19.1. The van der Waals surface area contributed by atoms with Gasteiger partial charge in [-0.25, -0.2) is 13.2 Å². The van der Waals surface area contributed by atoms with Gasteiger partial charge in [0.1, 0.15) is 17.3 Å². The van der Waals surface area contributed by atoms with E-state index in [1.807, 2.05) is 0 Å². The zero-order valence-corrected chi connectivity index (χ0v) is 10.5. The molecule has 1 N–H and O–H groups in total. The first kappa shape index (κ1) is 13.4. The summed E-state index contributed by atoms with van der Waals surface area (Å²) >= 11 is 0. The highest BCUT2D eigenvalue weighted by Crippen LogP contribution is 2.31. The largest absolute Gasteiger partial charge is 0.316 e. The molecule has 1 aromatic rings. The molecule has 1 saturated heterocycles. The van der Waals surface area contributed by atoms with E-state index >= 15 is 0 Å². The van der Waals surface area contributed by atoms with Crippen LogP contribution in [0.3, 0.4) is 0 Å². The number of halogens is 3. The average Bonchev–Trinajstić information content (AvgIpc) is 2.28. The summed E-state index contributed by atoms with van der Waals surface area (Å²) in [5.41, 5.74) is -1.06. The summed E-state index contributed by atoms with van der Waals surface area (Å²) in [4.78, 5) is 0. The monoisotopic (exact) mass is 257 g/mol. The first-order valence-corrected chi connectivity index (χ1v) is 6.32. The molecule has 2 rings (SSSR count). The van der Waals surface area contributed by atoms with E-state index in [4.69, 9.17) is 0 Å². The number of hydrogen-bond acceptors (Lipinski definition) is 1. The van der Waals surface area contributed by atoms with Crippen molar-refractivity contribution in [2.45, 2.75) is 31.9 Å². The molecule has 4 heteroatoms. The number of nitrogens with one attached hydrogen (secondary N) is 1. The molecule has 1 aliphatic heterocycles. The molecule has 1 fully saturated rings. The van der Waals surface area contributed by atoms with E-state index < -0.39 is 17.3 Å². The van der Waals surface area contributed by atoms with Crippen molar-refractivity contribution in [3.8, 4) is 0 Å². The van der Waals surface area contributed by atoms with Gasteiger partial charge in [-0.2, -0.15) is 0 Å². The molecular formula is C14H18F3N. The summed E-state index contributed by atoms with van der Waals surface area (Å²) in [6.45, 7) is 3.07. The van der Waals surface area contributed by atoms with Crippen molar-refractivity contribution in [2.24, 2.45) is 5.92 Å². The second kappa shape index (κ2) is 5.31. The SMILES string of the molecule is CC(F)(Cc1cc(F)cc(F)c1)C1CCCNC1. The maximum Gasteiger partial charge on any atom is 0.126 e. The summed E-state index contributed by atoms with van der Waals surface area (Å²) in [6.07, 6.45) is 1.81. The number of piperidine rings is 1. The standard InChI is InChI=1S/C14H18F3N/c1-14(17,11-3-2-4-18-9-11)8-10-5-12(15)7-13(16)6-10/h5-7,11,18H,2-4,8-9H2,1H3. The number of hydrogen-bond donors (Lipinski definition) is 1. The van der Waals surface area contributed by atoms with Crippen LogP contribution >= 0.6 is 0 Å². The summed E-state index contributed by atoms with van der Waals surface area (Å²) in [5.74, 6) is -1.40. The average molecular weight is 257 g/mol. The Bertz CT molecular complexity index is 391.